The van der Waals surface area contributed by atoms with Crippen LogP contribution in [-0.4, -0.2) is 19.6 Å². The van der Waals surface area contributed by atoms with Gasteiger partial charge < -0.3 is 5.32 Å². The van der Waals surface area contributed by atoms with E-state index in [4.69, 9.17) is 0 Å². The first-order valence-electron chi connectivity index (χ1n) is 7.95. The van der Waals surface area contributed by atoms with Gasteiger partial charge in [-0.25, -0.2) is 4.98 Å². The van der Waals surface area contributed by atoms with Gasteiger partial charge >= 0.3 is 0 Å². The second kappa shape index (κ2) is 7.27. The SMILES string of the molecule is Cc1ccc2nc(CSc3nnc(Nc4ccccc4)s3)cc(=O)n2c1. The van der Waals surface area contributed by atoms with E-state index in [9.17, 15) is 4.79 Å². The molecule has 0 bridgehead atoms. The second-order valence-electron chi connectivity index (χ2n) is 5.67. The summed E-state index contributed by atoms with van der Waals surface area (Å²) in [5, 5.41) is 12.3. The Morgan fingerprint density at radius 2 is 2.00 bits per heavy atom. The van der Waals surface area contributed by atoms with Crippen LogP contribution in [0.4, 0.5) is 10.8 Å². The number of rotatable bonds is 5. The van der Waals surface area contributed by atoms with Crippen LogP contribution in [0.2, 0.25) is 0 Å². The van der Waals surface area contributed by atoms with Crippen LogP contribution in [-0.2, 0) is 5.75 Å². The average molecular weight is 381 g/mol. The molecule has 0 unspecified atom stereocenters. The summed E-state index contributed by atoms with van der Waals surface area (Å²) >= 11 is 2.99. The molecule has 1 aromatic carbocycles. The van der Waals surface area contributed by atoms with Crippen LogP contribution < -0.4 is 10.9 Å². The largest absolute Gasteiger partial charge is 0.330 e. The Bertz CT molecular complexity index is 1110. The van der Waals surface area contributed by atoms with E-state index in [0.717, 1.165) is 26.4 Å². The van der Waals surface area contributed by atoms with E-state index >= 15 is 0 Å². The fraction of sp³-hybridized carbons (Fsp3) is 0.111. The molecule has 0 spiro atoms. The van der Waals surface area contributed by atoms with Crippen LogP contribution in [0.5, 0.6) is 0 Å². The number of aryl methyl sites for hydroxylation is 1. The van der Waals surface area contributed by atoms with E-state index in [-0.39, 0.29) is 5.56 Å². The molecule has 0 aliphatic heterocycles. The number of nitrogens with zero attached hydrogens (tertiary/aromatic N) is 4. The van der Waals surface area contributed by atoms with Crippen molar-refractivity contribution in [2.24, 2.45) is 0 Å². The molecule has 0 fully saturated rings. The summed E-state index contributed by atoms with van der Waals surface area (Å²) in [6.45, 7) is 1.95. The number of anilines is 2. The lowest BCUT2D eigenvalue weighted by Crippen LogP contribution is -2.15. The van der Waals surface area contributed by atoms with Crippen molar-refractivity contribution in [3.63, 3.8) is 0 Å². The maximum atomic E-state index is 12.2. The summed E-state index contributed by atoms with van der Waals surface area (Å²) in [5.41, 5.74) is 3.31. The second-order valence-corrected chi connectivity index (χ2v) is 7.87. The van der Waals surface area contributed by atoms with Crippen molar-refractivity contribution in [3.8, 4) is 0 Å². The molecule has 0 saturated heterocycles. The van der Waals surface area contributed by atoms with Gasteiger partial charge in [-0.15, -0.1) is 10.2 Å². The highest BCUT2D eigenvalue weighted by molar-refractivity contribution is 8.00. The molecular formula is C18H15N5OS2. The molecule has 130 valence electrons. The number of hydrogen-bond acceptors (Lipinski definition) is 7. The van der Waals surface area contributed by atoms with Crippen LogP contribution in [0.15, 0.2) is 63.9 Å². The van der Waals surface area contributed by atoms with E-state index < -0.39 is 0 Å². The molecule has 0 aliphatic carbocycles. The Morgan fingerprint density at radius 3 is 2.85 bits per heavy atom. The highest BCUT2D eigenvalue weighted by Crippen LogP contribution is 2.29. The Balaban J connectivity index is 1.47. The smallest absolute Gasteiger partial charge is 0.258 e. The quantitative estimate of drug-likeness (QED) is 0.529. The van der Waals surface area contributed by atoms with Crippen molar-refractivity contribution in [1.82, 2.24) is 19.6 Å². The third-order valence-electron chi connectivity index (χ3n) is 3.64. The summed E-state index contributed by atoms with van der Waals surface area (Å²) in [6.07, 6.45) is 1.80. The van der Waals surface area contributed by atoms with Crippen LogP contribution in [0, 0.1) is 6.92 Å². The molecule has 0 aliphatic rings. The molecule has 0 amide bonds. The number of nitrogens with one attached hydrogen (secondary N) is 1. The minimum Gasteiger partial charge on any atom is -0.330 e. The third kappa shape index (κ3) is 3.76. The zero-order valence-corrected chi connectivity index (χ0v) is 15.5. The number of pyridine rings is 1. The molecule has 3 aromatic heterocycles. The van der Waals surface area contributed by atoms with E-state index in [0.29, 0.717) is 11.4 Å². The van der Waals surface area contributed by atoms with Crippen LogP contribution in [0.1, 0.15) is 11.3 Å². The van der Waals surface area contributed by atoms with Gasteiger partial charge in [-0.1, -0.05) is 47.4 Å². The van der Waals surface area contributed by atoms with Crippen molar-refractivity contribution in [3.05, 3.63) is 76.3 Å². The topological polar surface area (TPSA) is 72.2 Å². The number of hydrogen-bond donors (Lipinski definition) is 1. The fourth-order valence-corrected chi connectivity index (χ4v) is 4.10. The van der Waals surface area contributed by atoms with E-state index in [1.54, 1.807) is 16.7 Å². The van der Waals surface area contributed by atoms with Gasteiger partial charge in [0.2, 0.25) is 5.13 Å². The van der Waals surface area contributed by atoms with E-state index in [2.05, 4.69) is 20.5 Å². The summed E-state index contributed by atoms with van der Waals surface area (Å²) < 4.78 is 2.39. The van der Waals surface area contributed by atoms with Crippen molar-refractivity contribution in [2.75, 3.05) is 5.32 Å². The summed E-state index contributed by atoms with van der Waals surface area (Å²) in [5.74, 6) is 0.569. The lowest BCUT2D eigenvalue weighted by molar-refractivity contribution is 0.995. The van der Waals surface area contributed by atoms with E-state index in [1.165, 1.54) is 23.1 Å². The predicted octanol–water partition coefficient (Wildman–Crippen LogP) is 3.89. The number of para-hydroxylation sites is 1. The van der Waals surface area contributed by atoms with Crippen molar-refractivity contribution >= 4 is 39.6 Å². The first kappa shape index (κ1) is 16.7. The first-order chi connectivity index (χ1) is 12.7. The van der Waals surface area contributed by atoms with Crippen molar-refractivity contribution in [1.29, 1.82) is 0 Å². The highest BCUT2D eigenvalue weighted by atomic mass is 32.2. The fourth-order valence-electron chi connectivity index (χ4n) is 2.43. The third-order valence-corrected chi connectivity index (χ3v) is 5.64. The van der Waals surface area contributed by atoms with Gasteiger partial charge in [0.15, 0.2) is 4.34 Å². The molecule has 0 radical (unpaired) electrons. The number of benzene rings is 1. The molecule has 8 heteroatoms. The molecule has 4 aromatic rings. The molecule has 0 saturated carbocycles. The minimum absolute atomic E-state index is 0.0713. The highest BCUT2D eigenvalue weighted by Gasteiger charge is 2.08. The van der Waals surface area contributed by atoms with Gasteiger partial charge in [0, 0.05) is 23.7 Å². The molecule has 4 rings (SSSR count). The summed E-state index contributed by atoms with van der Waals surface area (Å²) in [6, 6.07) is 15.2. The monoisotopic (exact) mass is 381 g/mol. The van der Waals surface area contributed by atoms with Crippen molar-refractivity contribution in [2.45, 2.75) is 17.0 Å². The Hall–Kier alpha value is -2.71. The van der Waals surface area contributed by atoms with Gasteiger partial charge in [-0.3, -0.25) is 9.20 Å². The number of fused-ring (bicyclic) bond motifs is 1. The van der Waals surface area contributed by atoms with Crippen LogP contribution in [0.25, 0.3) is 5.65 Å². The zero-order chi connectivity index (χ0) is 17.9. The van der Waals surface area contributed by atoms with Gasteiger partial charge in [0.05, 0.1) is 5.69 Å². The normalized spacial score (nSPS) is 11.0. The maximum absolute atomic E-state index is 12.2. The molecule has 26 heavy (non-hydrogen) atoms. The van der Waals surface area contributed by atoms with Crippen LogP contribution in [0.3, 0.4) is 0 Å². The molecule has 6 nitrogen and oxygen atoms in total. The zero-order valence-electron chi connectivity index (χ0n) is 13.9. The lowest BCUT2D eigenvalue weighted by Gasteiger charge is -2.04. The summed E-state index contributed by atoms with van der Waals surface area (Å²) in [4.78, 5) is 16.8. The standard InChI is InChI=1S/C18H15N5OS2/c1-12-7-8-15-19-14(9-16(24)23(15)10-12)11-25-18-22-21-17(26-18)20-13-5-3-2-4-6-13/h2-10H,11H2,1H3,(H,20,21). The first-order valence-corrected chi connectivity index (χ1v) is 9.75. The Labute approximate surface area is 158 Å². The lowest BCUT2D eigenvalue weighted by atomic mass is 10.3. The molecular weight excluding hydrogens is 366 g/mol. The van der Waals surface area contributed by atoms with Gasteiger partial charge in [-0.05, 0) is 30.7 Å². The predicted molar refractivity (Wildman–Crippen MR) is 105 cm³/mol. The number of thioether (sulfide) groups is 1. The van der Waals surface area contributed by atoms with E-state index in [1.807, 2.05) is 49.4 Å². The average Bonchev–Trinajstić information content (AvgIpc) is 3.09. The van der Waals surface area contributed by atoms with Gasteiger partial charge in [-0.2, -0.15) is 0 Å². The number of aromatic nitrogens is 4. The maximum Gasteiger partial charge on any atom is 0.258 e. The Morgan fingerprint density at radius 1 is 1.15 bits per heavy atom. The van der Waals surface area contributed by atoms with Gasteiger partial charge in [0.25, 0.3) is 5.56 Å². The molecule has 1 N–H and O–H groups in total. The Kier molecular flexibility index (Phi) is 4.68. The molecule has 0 atom stereocenters. The minimum atomic E-state index is -0.0713. The molecule has 3 heterocycles. The van der Waals surface area contributed by atoms with Crippen LogP contribution >= 0.6 is 23.1 Å². The van der Waals surface area contributed by atoms with Gasteiger partial charge in [0.1, 0.15) is 5.65 Å². The summed E-state index contributed by atoms with van der Waals surface area (Å²) in [7, 11) is 0. The van der Waals surface area contributed by atoms with Crippen molar-refractivity contribution < 1.29 is 0 Å².